The molecule has 2 heterocycles. The van der Waals surface area contributed by atoms with Gasteiger partial charge >= 0.3 is 0 Å². The van der Waals surface area contributed by atoms with Gasteiger partial charge in [0.05, 0.1) is 0 Å². The predicted molar refractivity (Wildman–Crippen MR) is 203 cm³/mol. The van der Waals surface area contributed by atoms with Crippen LogP contribution in [0.15, 0.2) is 152 Å². The summed E-state index contributed by atoms with van der Waals surface area (Å²) in [6, 6.07) is 51.9. The van der Waals surface area contributed by atoms with Gasteiger partial charge in [0.1, 0.15) is 0 Å². The van der Waals surface area contributed by atoms with Gasteiger partial charge in [-0.3, -0.25) is 0 Å². The van der Waals surface area contributed by atoms with Gasteiger partial charge in [0.25, 0.3) is 0 Å². The molecule has 0 bridgehead atoms. The Kier molecular flexibility index (Phi) is 6.46. The molecule has 7 aromatic carbocycles. The first-order valence-corrected chi connectivity index (χ1v) is 17.2. The normalized spacial score (nSPS) is 13.4. The molecule has 0 N–H and O–H groups in total. The molecule has 10 rings (SSSR count). The Hall–Kier alpha value is -6.59. The van der Waals surface area contributed by atoms with Gasteiger partial charge in [-0.05, 0) is 56.8 Å². The molecule has 0 spiro atoms. The van der Waals surface area contributed by atoms with Crippen LogP contribution in [0.5, 0.6) is 23.0 Å². The lowest BCUT2D eigenvalue weighted by molar-refractivity contribution is 0.360. The summed E-state index contributed by atoms with van der Waals surface area (Å²) in [5.74, 6) is 4.81. The maximum atomic E-state index is 6.61. The van der Waals surface area contributed by atoms with E-state index in [1.54, 1.807) is 0 Å². The summed E-state index contributed by atoms with van der Waals surface area (Å²) in [4.78, 5) is 14.9. The summed E-state index contributed by atoms with van der Waals surface area (Å²) in [5.41, 5.74) is 9.67. The largest absolute Gasteiger partial charge is 0.449 e. The van der Waals surface area contributed by atoms with Crippen molar-refractivity contribution in [3.63, 3.8) is 0 Å². The zero-order chi connectivity index (χ0) is 34.1. The molecule has 0 saturated carbocycles. The van der Waals surface area contributed by atoms with E-state index in [0.717, 1.165) is 55.7 Å². The highest BCUT2D eigenvalue weighted by molar-refractivity contribution is 5.95. The average Bonchev–Trinajstić information content (AvgIpc) is 3.43. The summed E-state index contributed by atoms with van der Waals surface area (Å²) in [6.07, 6.45) is 0. The van der Waals surface area contributed by atoms with Crippen molar-refractivity contribution in [1.82, 2.24) is 15.0 Å². The zero-order valence-electron chi connectivity index (χ0n) is 28.1. The number of aromatic nitrogens is 3. The monoisotopic (exact) mass is 657 g/mol. The van der Waals surface area contributed by atoms with Crippen molar-refractivity contribution >= 4 is 10.8 Å². The van der Waals surface area contributed by atoms with Crippen molar-refractivity contribution < 1.29 is 9.47 Å². The minimum atomic E-state index is -0.109. The van der Waals surface area contributed by atoms with Gasteiger partial charge in [-0.15, -0.1) is 0 Å². The van der Waals surface area contributed by atoms with Gasteiger partial charge in [0.2, 0.25) is 0 Å². The molecule has 51 heavy (non-hydrogen) atoms. The Balaban J connectivity index is 0.996. The van der Waals surface area contributed by atoms with Crippen LogP contribution in [-0.2, 0) is 5.41 Å². The summed E-state index contributed by atoms with van der Waals surface area (Å²) >= 11 is 0. The number of nitrogens with zero attached hydrogens (tertiary/aromatic N) is 3. The number of hydrogen-bond acceptors (Lipinski definition) is 5. The van der Waals surface area contributed by atoms with Crippen molar-refractivity contribution in [3.8, 4) is 79.4 Å². The molecule has 0 unspecified atom stereocenters. The first-order chi connectivity index (χ1) is 25.0. The zero-order valence-corrected chi connectivity index (χ0v) is 28.1. The summed E-state index contributed by atoms with van der Waals surface area (Å²) < 4.78 is 13.1. The minimum Gasteiger partial charge on any atom is -0.449 e. The molecule has 0 amide bonds. The van der Waals surface area contributed by atoms with E-state index in [9.17, 15) is 0 Å². The molecule has 8 aromatic rings. The number of benzene rings is 7. The quantitative estimate of drug-likeness (QED) is 0.188. The Morgan fingerprint density at radius 2 is 1.06 bits per heavy atom. The van der Waals surface area contributed by atoms with Gasteiger partial charge < -0.3 is 9.47 Å². The third-order valence-corrected chi connectivity index (χ3v) is 10.2. The first-order valence-electron chi connectivity index (χ1n) is 17.2. The van der Waals surface area contributed by atoms with Gasteiger partial charge in [-0.2, -0.15) is 0 Å². The van der Waals surface area contributed by atoms with Gasteiger partial charge in [0.15, 0.2) is 40.5 Å². The van der Waals surface area contributed by atoms with Crippen LogP contribution in [0.2, 0.25) is 0 Å². The standard InChI is InChI=1S/C46H31N3O2/c1-46(2)36-18-9-8-16-35(36)41-37(46)24-26-39-42(41)51-38-25-23-32(27-40(38)50-39)28-19-21-31(22-20-28)44-47-43(30-12-4-3-5-13-30)48-45(49-44)34-17-10-14-29-11-6-7-15-33(29)34/h3-27H,1-2H3. The van der Waals surface area contributed by atoms with Crippen LogP contribution >= 0.6 is 0 Å². The SMILES string of the molecule is CC1(C)c2ccccc2-c2c1ccc1c2Oc2ccc(-c3ccc(-c4nc(-c5ccccc5)nc(-c5cccc6ccccc56)n4)cc3)cc2O1. The molecule has 0 atom stereocenters. The second kappa shape index (κ2) is 11.2. The Morgan fingerprint density at radius 1 is 0.431 bits per heavy atom. The highest BCUT2D eigenvalue weighted by Gasteiger charge is 2.39. The van der Waals surface area contributed by atoms with Crippen molar-refractivity contribution in [3.05, 3.63) is 163 Å². The summed E-state index contributed by atoms with van der Waals surface area (Å²) in [7, 11) is 0. The van der Waals surface area contributed by atoms with E-state index < -0.39 is 0 Å². The highest BCUT2D eigenvalue weighted by Crippen LogP contribution is 2.58. The molecular weight excluding hydrogens is 627 g/mol. The van der Waals surface area contributed by atoms with E-state index in [2.05, 4.69) is 105 Å². The van der Waals surface area contributed by atoms with Crippen LogP contribution in [0.3, 0.4) is 0 Å². The molecule has 1 aliphatic carbocycles. The van der Waals surface area contributed by atoms with Crippen LogP contribution in [0.25, 0.3) is 67.2 Å². The van der Waals surface area contributed by atoms with Crippen LogP contribution in [0.1, 0.15) is 25.0 Å². The smallest absolute Gasteiger partial charge is 0.178 e. The van der Waals surface area contributed by atoms with Crippen molar-refractivity contribution in [2.24, 2.45) is 0 Å². The van der Waals surface area contributed by atoms with E-state index in [4.69, 9.17) is 24.4 Å². The van der Waals surface area contributed by atoms with Crippen molar-refractivity contribution in [2.75, 3.05) is 0 Å². The molecule has 2 aliphatic rings. The fraction of sp³-hybridized carbons (Fsp3) is 0.0652. The minimum absolute atomic E-state index is 0.109. The fourth-order valence-corrected chi connectivity index (χ4v) is 7.58. The van der Waals surface area contributed by atoms with E-state index in [-0.39, 0.29) is 5.41 Å². The van der Waals surface area contributed by atoms with Crippen molar-refractivity contribution in [2.45, 2.75) is 19.3 Å². The lowest BCUT2D eigenvalue weighted by Crippen LogP contribution is -2.15. The van der Waals surface area contributed by atoms with Crippen LogP contribution in [0, 0.1) is 0 Å². The molecule has 5 heteroatoms. The van der Waals surface area contributed by atoms with Gasteiger partial charge in [0, 0.05) is 27.7 Å². The molecule has 242 valence electrons. The molecular formula is C46H31N3O2. The average molecular weight is 658 g/mol. The third-order valence-electron chi connectivity index (χ3n) is 10.2. The van der Waals surface area contributed by atoms with E-state index in [1.807, 2.05) is 60.7 Å². The number of hydrogen-bond donors (Lipinski definition) is 0. The first kappa shape index (κ1) is 29.3. The van der Waals surface area contributed by atoms with Gasteiger partial charge in [-0.25, -0.2) is 15.0 Å². The van der Waals surface area contributed by atoms with E-state index in [1.165, 1.54) is 16.7 Å². The molecule has 1 aromatic heterocycles. The summed E-state index contributed by atoms with van der Waals surface area (Å²) in [5, 5.41) is 2.24. The number of rotatable bonds is 4. The second-order valence-electron chi connectivity index (χ2n) is 13.6. The number of fused-ring (bicyclic) bond motifs is 7. The molecule has 0 fully saturated rings. The molecule has 1 aliphatic heterocycles. The highest BCUT2D eigenvalue weighted by atomic mass is 16.6. The van der Waals surface area contributed by atoms with E-state index >= 15 is 0 Å². The predicted octanol–water partition coefficient (Wildman–Crippen LogP) is 11.9. The fourth-order valence-electron chi connectivity index (χ4n) is 7.58. The van der Waals surface area contributed by atoms with Crippen molar-refractivity contribution in [1.29, 1.82) is 0 Å². The third kappa shape index (κ3) is 4.73. The Morgan fingerprint density at radius 3 is 1.90 bits per heavy atom. The van der Waals surface area contributed by atoms with Crippen LogP contribution in [0.4, 0.5) is 0 Å². The lowest BCUT2D eigenvalue weighted by atomic mass is 9.82. The molecule has 5 nitrogen and oxygen atoms in total. The van der Waals surface area contributed by atoms with Crippen LogP contribution in [-0.4, -0.2) is 15.0 Å². The maximum absolute atomic E-state index is 6.61. The Bertz CT molecular complexity index is 2660. The molecule has 0 radical (unpaired) electrons. The molecule has 0 saturated heterocycles. The lowest BCUT2D eigenvalue weighted by Gasteiger charge is -2.25. The Labute approximate surface area is 295 Å². The second-order valence-corrected chi connectivity index (χ2v) is 13.6. The van der Waals surface area contributed by atoms with E-state index in [0.29, 0.717) is 29.0 Å². The van der Waals surface area contributed by atoms with Gasteiger partial charge in [-0.1, -0.05) is 147 Å². The summed E-state index contributed by atoms with van der Waals surface area (Å²) in [6.45, 7) is 4.54. The van der Waals surface area contributed by atoms with Crippen LogP contribution < -0.4 is 9.47 Å². The topological polar surface area (TPSA) is 57.1 Å². The number of ether oxygens (including phenoxy) is 2. The maximum Gasteiger partial charge on any atom is 0.178 e.